The van der Waals surface area contributed by atoms with E-state index >= 15 is 0 Å². The predicted molar refractivity (Wildman–Crippen MR) is 75.6 cm³/mol. The van der Waals surface area contributed by atoms with Crippen LogP contribution in [0.4, 0.5) is 0 Å². The van der Waals surface area contributed by atoms with Gasteiger partial charge in [-0.05, 0) is 55.6 Å². The molecule has 0 saturated heterocycles. The van der Waals surface area contributed by atoms with E-state index in [4.69, 9.17) is 9.47 Å². The van der Waals surface area contributed by atoms with Crippen LogP contribution in [0.2, 0.25) is 0 Å². The van der Waals surface area contributed by atoms with E-state index in [0.29, 0.717) is 11.6 Å². The Labute approximate surface area is 121 Å². The van der Waals surface area contributed by atoms with Crippen LogP contribution in [0.25, 0.3) is 6.08 Å². The van der Waals surface area contributed by atoms with Gasteiger partial charge in [-0.15, -0.1) is 0 Å². The van der Waals surface area contributed by atoms with Gasteiger partial charge in [-0.1, -0.05) is 0 Å². The molecule has 2 rings (SSSR count). The summed E-state index contributed by atoms with van der Waals surface area (Å²) in [6, 6.07) is 3.68. The van der Waals surface area contributed by atoms with Crippen molar-refractivity contribution in [2.75, 3.05) is 7.11 Å². The number of benzene rings is 1. The Morgan fingerprint density at radius 2 is 1.94 bits per heavy atom. The van der Waals surface area contributed by atoms with Crippen LogP contribution in [0, 0.1) is 0 Å². The number of methoxy groups -OCH3 is 1. The van der Waals surface area contributed by atoms with Gasteiger partial charge in [0.05, 0.1) is 16.1 Å². The highest BCUT2D eigenvalue weighted by Gasteiger charge is 2.19. The first-order chi connectivity index (χ1) is 8.51. The van der Waals surface area contributed by atoms with Crippen LogP contribution in [0.5, 0.6) is 5.75 Å². The molecule has 6 heteroatoms. The van der Waals surface area contributed by atoms with Crippen LogP contribution in [-0.2, 0) is 9.53 Å². The zero-order chi connectivity index (χ0) is 13.3. The summed E-state index contributed by atoms with van der Waals surface area (Å²) in [4.78, 5) is 15.4. The molecule has 0 aromatic heterocycles. The Hall–Kier alpha value is -1.14. The van der Waals surface area contributed by atoms with E-state index in [9.17, 15) is 4.79 Å². The average Bonchev–Trinajstić information content (AvgIpc) is 2.57. The third-order valence-electron chi connectivity index (χ3n) is 2.26. The number of nitrogens with zero attached hydrogens (tertiary/aromatic N) is 1. The van der Waals surface area contributed by atoms with E-state index in [2.05, 4.69) is 36.9 Å². The van der Waals surface area contributed by atoms with Crippen molar-refractivity contribution in [1.82, 2.24) is 0 Å². The van der Waals surface area contributed by atoms with Crippen LogP contribution in [0.1, 0.15) is 12.5 Å². The van der Waals surface area contributed by atoms with E-state index in [1.54, 1.807) is 20.1 Å². The molecule has 0 aliphatic carbocycles. The van der Waals surface area contributed by atoms with Crippen molar-refractivity contribution in [3.8, 4) is 5.75 Å². The highest BCUT2D eigenvalue weighted by atomic mass is 79.9. The molecule has 0 unspecified atom stereocenters. The van der Waals surface area contributed by atoms with E-state index in [-0.39, 0.29) is 5.70 Å². The first-order valence-electron chi connectivity index (χ1n) is 5.03. The lowest BCUT2D eigenvalue weighted by Crippen LogP contribution is -1.99. The third kappa shape index (κ3) is 2.64. The van der Waals surface area contributed by atoms with Crippen LogP contribution in [0.3, 0.4) is 0 Å². The van der Waals surface area contributed by atoms with E-state index < -0.39 is 5.97 Å². The van der Waals surface area contributed by atoms with Crippen molar-refractivity contribution in [3.63, 3.8) is 0 Å². The zero-order valence-corrected chi connectivity index (χ0v) is 12.8. The van der Waals surface area contributed by atoms with Crippen LogP contribution in [-0.4, -0.2) is 19.0 Å². The van der Waals surface area contributed by atoms with Crippen molar-refractivity contribution in [2.24, 2.45) is 4.99 Å². The number of hydrogen-bond donors (Lipinski definition) is 0. The molecule has 1 heterocycles. The molecule has 0 amide bonds. The molecule has 1 aliphatic rings. The normalized spacial score (nSPS) is 16.8. The number of hydrogen-bond acceptors (Lipinski definition) is 4. The molecule has 0 bridgehead atoms. The average molecular weight is 375 g/mol. The minimum absolute atomic E-state index is 0.288. The number of esters is 1. The lowest BCUT2D eigenvalue weighted by Gasteiger charge is -2.07. The number of halogens is 2. The number of aliphatic imine (C=N–C) groups is 1. The highest BCUT2D eigenvalue weighted by Crippen LogP contribution is 2.35. The summed E-state index contributed by atoms with van der Waals surface area (Å²) in [6.45, 7) is 1.64. The summed E-state index contributed by atoms with van der Waals surface area (Å²) in [7, 11) is 1.59. The Balaban J connectivity index is 2.42. The van der Waals surface area contributed by atoms with Crippen molar-refractivity contribution < 1.29 is 14.3 Å². The maximum atomic E-state index is 11.4. The molecular formula is C12H9Br2NO3. The van der Waals surface area contributed by atoms with E-state index in [1.807, 2.05) is 12.1 Å². The smallest absolute Gasteiger partial charge is 0.363 e. The summed E-state index contributed by atoms with van der Waals surface area (Å²) >= 11 is 6.80. The molecule has 94 valence electrons. The number of carbonyl (C=O) groups excluding carboxylic acids is 1. The number of ether oxygens (including phenoxy) is 2. The van der Waals surface area contributed by atoms with Crippen LogP contribution < -0.4 is 4.74 Å². The predicted octanol–water partition coefficient (Wildman–Crippen LogP) is 3.54. The quantitative estimate of drug-likeness (QED) is 0.587. The van der Waals surface area contributed by atoms with Crippen molar-refractivity contribution >= 4 is 49.8 Å². The highest BCUT2D eigenvalue weighted by molar-refractivity contribution is 9.11. The van der Waals surface area contributed by atoms with Crippen LogP contribution >= 0.6 is 31.9 Å². The van der Waals surface area contributed by atoms with Crippen molar-refractivity contribution in [1.29, 1.82) is 0 Å². The van der Waals surface area contributed by atoms with Gasteiger partial charge in [-0.25, -0.2) is 9.79 Å². The number of cyclic esters (lactones) is 1. The number of carbonyl (C=O) groups is 1. The monoisotopic (exact) mass is 373 g/mol. The summed E-state index contributed by atoms with van der Waals surface area (Å²) in [5.74, 6) is 0.624. The van der Waals surface area contributed by atoms with Gasteiger partial charge < -0.3 is 9.47 Å². The molecule has 1 aromatic rings. The van der Waals surface area contributed by atoms with E-state index in [0.717, 1.165) is 14.5 Å². The Morgan fingerprint density at radius 1 is 1.33 bits per heavy atom. The Morgan fingerprint density at radius 3 is 2.39 bits per heavy atom. The molecule has 0 spiro atoms. The van der Waals surface area contributed by atoms with Gasteiger partial charge in [-0.3, -0.25) is 0 Å². The largest absolute Gasteiger partial charge is 0.494 e. The third-order valence-corrected chi connectivity index (χ3v) is 3.43. The first kappa shape index (κ1) is 13.3. The molecule has 1 aromatic carbocycles. The molecule has 18 heavy (non-hydrogen) atoms. The lowest BCUT2D eigenvalue weighted by molar-refractivity contribution is -0.130. The summed E-state index contributed by atoms with van der Waals surface area (Å²) in [5.41, 5.74) is 1.11. The van der Waals surface area contributed by atoms with E-state index in [1.165, 1.54) is 0 Å². The second-order valence-electron chi connectivity index (χ2n) is 3.57. The first-order valence-corrected chi connectivity index (χ1v) is 6.62. The molecule has 0 atom stereocenters. The van der Waals surface area contributed by atoms with Crippen LogP contribution in [0.15, 0.2) is 31.8 Å². The second-order valence-corrected chi connectivity index (χ2v) is 5.28. The minimum Gasteiger partial charge on any atom is -0.494 e. The Bertz CT molecular complexity index is 556. The topological polar surface area (TPSA) is 47.9 Å². The fourth-order valence-corrected chi connectivity index (χ4v) is 3.08. The molecular weight excluding hydrogens is 366 g/mol. The lowest BCUT2D eigenvalue weighted by atomic mass is 10.2. The molecule has 0 fully saturated rings. The molecule has 4 nitrogen and oxygen atoms in total. The maximum Gasteiger partial charge on any atom is 0.363 e. The fraction of sp³-hybridized carbons (Fsp3) is 0.167. The van der Waals surface area contributed by atoms with Gasteiger partial charge >= 0.3 is 5.97 Å². The number of rotatable bonds is 2. The van der Waals surface area contributed by atoms with Gasteiger partial charge in [0.15, 0.2) is 11.6 Å². The standard InChI is InChI=1S/C12H9Br2NO3/c1-6-15-10(12(16)18-6)5-7-3-8(13)11(17-2)9(14)4-7/h3-5H,1-2H3/b10-5+. The summed E-state index contributed by atoms with van der Waals surface area (Å²) < 4.78 is 11.6. The molecule has 0 saturated carbocycles. The van der Waals surface area contributed by atoms with Gasteiger partial charge in [0.2, 0.25) is 0 Å². The minimum atomic E-state index is -0.435. The van der Waals surface area contributed by atoms with Gasteiger partial charge in [-0.2, -0.15) is 0 Å². The fourth-order valence-electron chi connectivity index (χ4n) is 1.53. The maximum absolute atomic E-state index is 11.4. The van der Waals surface area contributed by atoms with Crippen molar-refractivity contribution in [2.45, 2.75) is 6.92 Å². The molecule has 0 N–H and O–H groups in total. The van der Waals surface area contributed by atoms with Gasteiger partial charge in [0.25, 0.3) is 0 Å². The summed E-state index contributed by atoms with van der Waals surface area (Å²) in [6.07, 6.45) is 1.66. The Kier molecular flexibility index (Phi) is 3.87. The van der Waals surface area contributed by atoms with Gasteiger partial charge in [0, 0.05) is 6.92 Å². The molecule has 0 radical (unpaired) electrons. The summed E-state index contributed by atoms with van der Waals surface area (Å²) in [5, 5.41) is 0. The second kappa shape index (κ2) is 5.24. The van der Waals surface area contributed by atoms with Crippen molar-refractivity contribution in [3.05, 3.63) is 32.3 Å². The zero-order valence-electron chi connectivity index (χ0n) is 9.66. The van der Waals surface area contributed by atoms with Gasteiger partial charge in [0.1, 0.15) is 5.75 Å². The molecule has 1 aliphatic heterocycles. The SMILES string of the molecule is COc1c(Br)cc(/C=C2/N=C(C)OC2=O)cc1Br.